The summed E-state index contributed by atoms with van der Waals surface area (Å²) in [7, 11) is 1.96. The van der Waals surface area contributed by atoms with Crippen molar-refractivity contribution in [1.82, 2.24) is 9.88 Å². The van der Waals surface area contributed by atoms with Gasteiger partial charge in [-0.25, -0.2) is 4.98 Å². The van der Waals surface area contributed by atoms with Gasteiger partial charge in [0.2, 0.25) is 0 Å². The molecule has 0 bridgehead atoms. The molecule has 2 rings (SSSR count). The van der Waals surface area contributed by atoms with E-state index in [9.17, 15) is 13.2 Å². The van der Waals surface area contributed by atoms with Gasteiger partial charge in [-0.2, -0.15) is 13.2 Å². The molecule has 1 aromatic rings. The molecule has 0 unspecified atom stereocenters. The molecule has 0 aromatic carbocycles. The van der Waals surface area contributed by atoms with Gasteiger partial charge < -0.3 is 15.6 Å². The minimum Gasteiger partial charge on any atom is -0.346 e. The number of piperidine rings is 1. The Balaban J connectivity index is 2.05. The highest BCUT2D eigenvalue weighted by molar-refractivity contribution is 5.99. The van der Waals surface area contributed by atoms with Crippen LogP contribution in [0.2, 0.25) is 0 Å². The molecule has 0 amide bonds. The predicted molar refractivity (Wildman–Crippen MR) is 70.8 cm³/mol. The second-order valence-electron chi connectivity index (χ2n) is 4.71. The molecular formula is C13H15F3N4. The smallest absolute Gasteiger partial charge is 0.346 e. The summed E-state index contributed by atoms with van der Waals surface area (Å²) >= 11 is 0. The van der Waals surface area contributed by atoms with Crippen molar-refractivity contribution in [1.29, 1.82) is 5.41 Å². The number of halogens is 3. The normalized spacial score (nSPS) is 19.4. The van der Waals surface area contributed by atoms with Gasteiger partial charge in [-0.1, -0.05) is 0 Å². The summed E-state index contributed by atoms with van der Waals surface area (Å²) < 4.78 is 37.2. The number of nitrogens with zero attached hydrogens (tertiary/aromatic N) is 2. The van der Waals surface area contributed by atoms with E-state index in [-0.39, 0.29) is 0 Å². The molecule has 1 aliphatic rings. The summed E-state index contributed by atoms with van der Waals surface area (Å²) in [5.41, 5.74) is 0.587. The van der Waals surface area contributed by atoms with Crippen LogP contribution in [-0.4, -0.2) is 35.7 Å². The third-order valence-electron chi connectivity index (χ3n) is 3.06. The zero-order valence-corrected chi connectivity index (χ0v) is 11.0. The number of hydrogen-bond donors (Lipinski definition) is 2. The lowest BCUT2D eigenvalue weighted by atomic mass is 10.0. The Morgan fingerprint density at radius 1 is 1.40 bits per heavy atom. The topological polar surface area (TPSA) is 52.0 Å². The van der Waals surface area contributed by atoms with Crippen LogP contribution in [0.5, 0.6) is 0 Å². The Bertz CT molecular complexity index is 519. The van der Waals surface area contributed by atoms with Crippen LogP contribution in [0.3, 0.4) is 0 Å². The summed E-state index contributed by atoms with van der Waals surface area (Å²) in [6.45, 7) is 1.49. The fraction of sp³-hybridized carbons (Fsp3) is 0.385. The molecular weight excluding hydrogens is 269 g/mol. The van der Waals surface area contributed by atoms with Crippen LogP contribution < -0.4 is 5.32 Å². The lowest BCUT2D eigenvalue weighted by molar-refractivity contribution is -0.137. The van der Waals surface area contributed by atoms with E-state index in [4.69, 9.17) is 5.41 Å². The molecule has 1 aromatic heterocycles. The minimum atomic E-state index is -4.38. The molecule has 20 heavy (non-hydrogen) atoms. The number of pyridine rings is 1. The largest absolute Gasteiger partial charge is 0.417 e. The van der Waals surface area contributed by atoms with Crippen molar-refractivity contribution >= 4 is 11.5 Å². The van der Waals surface area contributed by atoms with Crippen molar-refractivity contribution < 1.29 is 13.2 Å². The maximum atomic E-state index is 12.4. The number of likely N-dealkylation sites (tertiary alicyclic amines) is 1. The first kappa shape index (κ1) is 14.5. The van der Waals surface area contributed by atoms with Crippen molar-refractivity contribution in [3.05, 3.63) is 35.7 Å². The van der Waals surface area contributed by atoms with Crippen molar-refractivity contribution in [2.45, 2.75) is 12.6 Å². The van der Waals surface area contributed by atoms with Gasteiger partial charge in [0, 0.05) is 43.2 Å². The highest BCUT2D eigenvalue weighted by Crippen LogP contribution is 2.28. The van der Waals surface area contributed by atoms with Crippen molar-refractivity contribution in [3.8, 4) is 0 Å². The number of hydrogen-bond acceptors (Lipinski definition) is 4. The third kappa shape index (κ3) is 3.57. The molecule has 1 fully saturated rings. The highest BCUT2D eigenvalue weighted by atomic mass is 19.4. The van der Waals surface area contributed by atoms with Crippen LogP contribution in [0.25, 0.3) is 0 Å². The second-order valence-corrected chi connectivity index (χ2v) is 4.71. The van der Waals surface area contributed by atoms with Crippen LogP contribution in [0.4, 0.5) is 19.0 Å². The van der Waals surface area contributed by atoms with E-state index in [1.165, 1.54) is 6.07 Å². The Morgan fingerprint density at radius 2 is 2.15 bits per heavy atom. The average molecular weight is 284 g/mol. The van der Waals surface area contributed by atoms with E-state index in [0.717, 1.165) is 24.4 Å². The van der Waals surface area contributed by atoms with Gasteiger partial charge in [0.25, 0.3) is 0 Å². The number of aromatic nitrogens is 1. The zero-order valence-electron chi connectivity index (χ0n) is 11.0. The Morgan fingerprint density at radius 3 is 2.75 bits per heavy atom. The summed E-state index contributed by atoms with van der Waals surface area (Å²) in [4.78, 5) is 5.79. The highest BCUT2D eigenvalue weighted by Gasteiger charge is 2.30. The fourth-order valence-corrected chi connectivity index (χ4v) is 1.87. The standard InChI is InChI=1S/C13H15F3N4/c1-20-5-4-11(17)9(8-20)6-18-12-3-2-10(7-19-12)13(14,15)16/h2-3,6-7,17H,4-5,8H2,1H3,(H,18,19)/b9-6-,17-11?. The Hall–Kier alpha value is -1.89. The number of nitrogens with one attached hydrogen (secondary N) is 2. The molecule has 0 aliphatic carbocycles. The van der Waals surface area contributed by atoms with Crippen molar-refractivity contribution in [3.63, 3.8) is 0 Å². The molecule has 1 aliphatic heterocycles. The molecule has 0 radical (unpaired) electrons. The summed E-state index contributed by atoms with van der Waals surface area (Å²) in [6.07, 6.45) is -1.28. The minimum absolute atomic E-state index is 0.325. The maximum Gasteiger partial charge on any atom is 0.417 e. The molecule has 2 N–H and O–H groups in total. The van der Waals surface area contributed by atoms with E-state index in [1.54, 1.807) is 6.20 Å². The van der Waals surface area contributed by atoms with E-state index in [0.29, 0.717) is 24.5 Å². The van der Waals surface area contributed by atoms with Crippen LogP contribution in [0.15, 0.2) is 30.1 Å². The van der Waals surface area contributed by atoms with Crippen LogP contribution in [0.1, 0.15) is 12.0 Å². The maximum absolute atomic E-state index is 12.4. The van der Waals surface area contributed by atoms with E-state index in [1.807, 2.05) is 7.05 Å². The van der Waals surface area contributed by atoms with Crippen LogP contribution in [0, 0.1) is 5.41 Å². The molecule has 0 atom stereocenters. The molecule has 2 heterocycles. The molecule has 0 saturated carbocycles. The fourth-order valence-electron chi connectivity index (χ4n) is 1.87. The van der Waals surface area contributed by atoms with Gasteiger partial charge in [0.05, 0.1) is 5.56 Å². The third-order valence-corrected chi connectivity index (χ3v) is 3.06. The Labute approximate surface area is 114 Å². The molecule has 1 saturated heterocycles. The SMILES string of the molecule is CN1CCC(=N)/C(=C\Nc2ccc(C(F)(F)F)cn2)C1. The number of likely N-dealkylation sites (N-methyl/N-ethyl adjacent to an activating group) is 1. The first-order valence-electron chi connectivity index (χ1n) is 6.11. The monoisotopic (exact) mass is 284 g/mol. The van der Waals surface area contributed by atoms with Gasteiger partial charge in [0.15, 0.2) is 0 Å². The number of rotatable bonds is 2. The van der Waals surface area contributed by atoms with E-state index < -0.39 is 11.7 Å². The molecule has 108 valence electrons. The lowest BCUT2D eigenvalue weighted by Crippen LogP contribution is -2.32. The van der Waals surface area contributed by atoms with Gasteiger partial charge in [-0.15, -0.1) is 0 Å². The van der Waals surface area contributed by atoms with Crippen molar-refractivity contribution in [2.75, 3.05) is 25.5 Å². The van der Waals surface area contributed by atoms with Gasteiger partial charge in [-0.05, 0) is 19.2 Å². The summed E-state index contributed by atoms with van der Waals surface area (Å²) in [5.74, 6) is 0.325. The Kier molecular flexibility index (Phi) is 4.08. The van der Waals surface area contributed by atoms with Gasteiger partial charge in [0.1, 0.15) is 5.82 Å². The predicted octanol–water partition coefficient (Wildman–Crippen LogP) is 2.75. The zero-order chi connectivity index (χ0) is 14.8. The van der Waals surface area contributed by atoms with Crippen LogP contribution >= 0.6 is 0 Å². The first-order valence-corrected chi connectivity index (χ1v) is 6.11. The first-order chi connectivity index (χ1) is 9.36. The summed E-state index contributed by atoms with van der Waals surface area (Å²) in [5, 5.41) is 10.6. The average Bonchev–Trinajstić information content (AvgIpc) is 2.39. The van der Waals surface area contributed by atoms with E-state index in [2.05, 4.69) is 15.2 Å². The quantitative estimate of drug-likeness (QED) is 0.878. The summed E-state index contributed by atoms with van der Waals surface area (Å²) in [6, 6.07) is 2.25. The molecule has 4 nitrogen and oxygen atoms in total. The van der Waals surface area contributed by atoms with E-state index >= 15 is 0 Å². The molecule has 7 heteroatoms. The van der Waals surface area contributed by atoms with Gasteiger partial charge in [-0.3, -0.25) is 0 Å². The number of alkyl halides is 3. The second kappa shape index (κ2) is 5.62. The lowest BCUT2D eigenvalue weighted by Gasteiger charge is -2.25. The van der Waals surface area contributed by atoms with Crippen LogP contribution in [-0.2, 0) is 6.18 Å². The number of anilines is 1. The molecule has 0 spiro atoms. The van der Waals surface area contributed by atoms with Crippen molar-refractivity contribution in [2.24, 2.45) is 0 Å². The van der Waals surface area contributed by atoms with Gasteiger partial charge >= 0.3 is 6.18 Å².